The predicted molar refractivity (Wildman–Crippen MR) is 177 cm³/mol. The van der Waals surface area contributed by atoms with Crippen LogP contribution in [0.5, 0.6) is 0 Å². The summed E-state index contributed by atoms with van der Waals surface area (Å²) in [6, 6.07) is 27.1. The van der Waals surface area contributed by atoms with Crippen molar-refractivity contribution in [2.45, 2.75) is 68.5 Å². The molecular weight excluding hydrogens is 586 g/mol. The Morgan fingerprint density at radius 1 is 0.889 bits per heavy atom. The number of nitrogens with zero attached hydrogens (tertiary/aromatic N) is 4. The smallest absolute Gasteiger partial charge is 0.240 e. The monoisotopic (exact) mass is 625 g/mol. The first-order chi connectivity index (χ1) is 21.9. The molecule has 0 aliphatic heterocycles. The zero-order chi connectivity index (χ0) is 31.2. The third-order valence-electron chi connectivity index (χ3n) is 8.39. The number of aliphatic hydroxyl groups excluding tert-OH is 1. The van der Waals surface area contributed by atoms with E-state index in [9.17, 15) is 13.5 Å². The number of fused-ring (bicyclic) bond motifs is 1. The van der Waals surface area contributed by atoms with Crippen LogP contribution in [0.4, 0.5) is 17.5 Å². The first kappa shape index (κ1) is 30.7. The van der Waals surface area contributed by atoms with Gasteiger partial charge in [0.15, 0.2) is 17.0 Å². The highest BCUT2D eigenvalue weighted by Crippen LogP contribution is 2.29. The Morgan fingerprint density at radius 2 is 1.53 bits per heavy atom. The van der Waals surface area contributed by atoms with E-state index in [1.54, 1.807) is 30.6 Å². The van der Waals surface area contributed by atoms with Crippen molar-refractivity contribution in [1.29, 1.82) is 0 Å². The molecular formula is C34H39N7O3S. The molecule has 11 heteroatoms. The third kappa shape index (κ3) is 7.33. The van der Waals surface area contributed by atoms with E-state index < -0.39 is 10.0 Å². The molecule has 5 aromatic rings. The second-order valence-electron chi connectivity index (χ2n) is 11.5. The van der Waals surface area contributed by atoms with Gasteiger partial charge in [0.25, 0.3) is 0 Å². The molecule has 10 nitrogen and oxygen atoms in total. The summed E-state index contributed by atoms with van der Waals surface area (Å²) in [6.45, 7) is 3.03. The number of rotatable bonds is 12. The minimum absolute atomic E-state index is 0.0756. The Balaban J connectivity index is 1.15. The highest BCUT2D eigenvalue weighted by atomic mass is 32.2. The Morgan fingerprint density at radius 3 is 2.16 bits per heavy atom. The van der Waals surface area contributed by atoms with Crippen molar-refractivity contribution >= 4 is 38.6 Å². The van der Waals surface area contributed by atoms with Crippen LogP contribution in [0.15, 0.2) is 96.2 Å². The van der Waals surface area contributed by atoms with Crippen LogP contribution >= 0.6 is 0 Å². The van der Waals surface area contributed by atoms with Gasteiger partial charge in [-0.2, -0.15) is 9.97 Å². The van der Waals surface area contributed by atoms with Crippen molar-refractivity contribution in [3.05, 3.63) is 102 Å². The minimum Gasteiger partial charge on any atom is -0.393 e. The van der Waals surface area contributed by atoms with Gasteiger partial charge >= 0.3 is 0 Å². The molecule has 0 bridgehead atoms. The number of benzene rings is 3. The number of sulfonamides is 1. The van der Waals surface area contributed by atoms with Gasteiger partial charge in [-0.25, -0.2) is 18.1 Å². The highest BCUT2D eigenvalue weighted by Gasteiger charge is 2.22. The topological polar surface area (TPSA) is 134 Å². The number of hydrogen-bond acceptors (Lipinski definition) is 8. The lowest BCUT2D eigenvalue weighted by Crippen LogP contribution is -2.29. The molecule has 1 aliphatic rings. The molecule has 2 heterocycles. The SMILES string of the molecule is CCn1cnc2c(Nc3ccc(S(=O)(=O)NCCC(c4ccccc4)c4ccccc4)cc3)nc(NC3CCC(O)CC3)nc21. The summed E-state index contributed by atoms with van der Waals surface area (Å²) in [7, 11) is -3.72. The standard InChI is InChI=1S/C34H39N7O3S/c1-2-41-23-35-31-32(39-34(40-33(31)41)38-27-13-17-28(42)18-14-27)37-26-15-19-29(20-16-26)45(43,44)36-22-21-30(24-9-5-3-6-10-24)25-11-7-4-8-12-25/h3-12,15-16,19-20,23,27-28,30,36,42H,2,13-14,17-18,21-22H2,1H3,(H2,37,38,39,40). The van der Waals surface area contributed by atoms with Crippen LogP contribution in [0.1, 0.15) is 56.1 Å². The van der Waals surface area contributed by atoms with E-state index >= 15 is 0 Å². The maximum Gasteiger partial charge on any atom is 0.240 e. The molecule has 1 fully saturated rings. The number of aliphatic hydroxyl groups is 1. The summed E-state index contributed by atoms with van der Waals surface area (Å²) in [5.41, 5.74) is 4.32. The van der Waals surface area contributed by atoms with Gasteiger partial charge in [-0.3, -0.25) is 0 Å². The molecule has 0 atom stereocenters. The fraction of sp³-hybridized carbons (Fsp3) is 0.324. The van der Waals surface area contributed by atoms with Gasteiger partial charge in [0.1, 0.15) is 0 Å². The van der Waals surface area contributed by atoms with E-state index in [2.05, 4.69) is 44.6 Å². The number of nitrogens with one attached hydrogen (secondary N) is 3. The van der Waals surface area contributed by atoms with Crippen LogP contribution in [0.3, 0.4) is 0 Å². The predicted octanol–water partition coefficient (Wildman–Crippen LogP) is 5.81. The molecule has 0 saturated heterocycles. The zero-order valence-electron chi connectivity index (χ0n) is 25.3. The molecule has 1 aliphatic carbocycles. The van der Waals surface area contributed by atoms with Crippen molar-refractivity contribution < 1.29 is 13.5 Å². The van der Waals surface area contributed by atoms with Crippen molar-refractivity contribution in [2.24, 2.45) is 0 Å². The highest BCUT2D eigenvalue weighted by molar-refractivity contribution is 7.89. The molecule has 3 aromatic carbocycles. The number of aromatic nitrogens is 4. The summed E-state index contributed by atoms with van der Waals surface area (Å²) in [4.78, 5) is 14.2. The number of aryl methyl sites for hydroxylation is 1. The fourth-order valence-electron chi connectivity index (χ4n) is 5.90. The van der Waals surface area contributed by atoms with E-state index in [1.165, 1.54) is 0 Å². The molecule has 234 valence electrons. The van der Waals surface area contributed by atoms with Crippen LogP contribution in [0.25, 0.3) is 11.2 Å². The van der Waals surface area contributed by atoms with Gasteiger partial charge < -0.3 is 20.3 Å². The number of hydrogen-bond donors (Lipinski definition) is 4. The van der Waals surface area contributed by atoms with E-state index in [-0.39, 0.29) is 23.0 Å². The molecule has 0 radical (unpaired) electrons. The van der Waals surface area contributed by atoms with E-state index in [0.717, 1.165) is 36.8 Å². The molecule has 4 N–H and O–H groups in total. The number of imidazole rings is 1. The van der Waals surface area contributed by atoms with E-state index in [1.807, 2.05) is 47.9 Å². The first-order valence-electron chi connectivity index (χ1n) is 15.5. The molecule has 45 heavy (non-hydrogen) atoms. The van der Waals surface area contributed by atoms with E-state index in [4.69, 9.17) is 9.97 Å². The van der Waals surface area contributed by atoms with Crippen LogP contribution in [-0.4, -0.2) is 51.7 Å². The summed E-state index contributed by atoms with van der Waals surface area (Å²) in [5.74, 6) is 1.10. The van der Waals surface area contributed by atoms with Crippen molar-refractivity contribution in [1.82, 2.24) is 24.2 Å². The second-order valence-corrected chi connectivity index (χ2v) is 13.2. The molecule has 6 rings (SSSR count). The lowest BCUT2D eigenvalue weighted by molar-refractivity contribution is 0.126. The summed E-state index contributed by atoms with van der Waals surface area (Å²) >= 11 is 0. The average molecular weight is 626 g/mol. The lowest BCUT2D eigenvalue weighted by Gasteiger charge is -2.26. The summed E-state index contributed by atoms with van der Waals surface area (Å²) < 4.78 is 31.2. The van der Waals surface area contributed by atoms with Crippen molar-refractivity contribution in [2.75, 3.05) is 17.2 Å². The summed E-state index contributed by atoms with van der Waals surface area (Å²) in [5, 5.41) is 16.6. The average Bonchev–Trinajstić information content (AvgIpc) is 3.49. The zero-order valence-corrected chi connectivity index (χ0v) is 26.1. The Bertz CT molecular complexity index is 1770. The van der Waals surface area contributed by atoms with Gasteiger partial charge in [0.05, 0.1) is 17.3 Å². The lowest BCUT2D eigenvalue weighted by atomic mass is 9.89. The Hall–Kier alpha value is -4.32. The van der Waals surface area contributed by atoms with E-state index in [0.29, 0.717) is 48.1 Å². The largest absolute Gasteiger partial charge is 0.393 e. The molecule has 0 unspecified atom stereocenters. The van der Waals surface area contributed by atoms with Crippen LogP contribution in [0.2, 0.25) is 0 Å². The fourth-order valence-corrected chi connectivity index (χ4v) is 6.95. The van der Waals surface area contributed by atoms with Gasteiger partial charge in [-0.05, 0) is 74.4 Å². The van der Waals surface area contributed by atoms with Crippen LogP contribution in [-0.2, 0) is 16.6 Å². The third-order valence-corrected chi connectivity index (χ3v) is 9.87. The van der Waals surface area contributed by atoms with Gasteiger partial charge in [-0.15, -0.1) is 0 Å². The molecule has 0 amide bonds. The number of anilines is 3. The molecule has 0 spiro atoms. The first-order valence-corrected chi connectivity index (χ1v) is 17.0. The molecule has 2 aromatic heterocycles. The van der Waals surface area contributed by atoms with Crippen molar-refractivity contribution in [3.63, 3.8) is 0 Å². The minimum atomic E-state index is -3.72. The second kappa shape index (κ2) is 13.8. The maximum absolute atomic E-state index is 13.2. The van der Waals surface area contributed by atoms with Gasteiger partial charge in [-0.1, -0.05) is 60.7 Å². The quantitative estimate of drug-likeness (QED) is 0.137. The van der Waals surface area contributed by atoms with Gasteiger partial charge in [0.2, 0.25) is 16.0 Å². The van der Waals surface area contributed by atoms with Crippen LogP contribution < -0.4 is 15.4 Å². The molecule has 1 saturated carbocycles. The van der Waals surface area contributed by atoms with Crippen LogP contribution in [0, 0.1) is 0 Å². The Kier molecular flexibility index (Phi) is 9.39. The summed E-state index contributed by atoms with van der Waals surface area (Å²) in [6.07, 6.45) is 5.33. The Labute approximate surface area is 264 Å². The normalized spacial score (nSPS) is 17.0. The van der Waals surface area contributed by atoms with Crippen molar-refractivity contribution in [3.8, 4) is 0 Å². The van der Waals surface area contributed by atoms with Gasteiger partial charge in [0, 0.05) is 30.7 Å². The maximum atomic E-state index is 13.2.